The summed E-state index contributed by atoms with van der Waals surface area (Å²) in [5.41, 5.74) is 5.04. The number of allylic oxidation sites excluding steroid dienone is 1. The van der Waals surface area contributed by atoms with Crippen molar-refractivity contribution >= 4 is 11.9 Å². The topological polar surface area (TPSA) is 38.8 Å². The van der Waals surface area contributed by atoms with Crippen molar-refractivity contribution in [2.45, 2.75) is 26.3 Å². The summed E-state index contributed by atoms with van der Waals surface area (Å²) in [5, 5.41) is 0. The van der Waals surface area contributed by atoms with Gasteiger partial charge in [0.15, 0.2) is 5.76 Å². The Kier molecular flexibility index (Phi) is 5.31. The second-order valence-electron chi connectivity index (χ2n) is 8.19. The molecular formula is C27H25NO3. The van der Waals surface area contributed by atoms with Crippen LogP contribution in [0.15, 0.2) is 72.5 Å². The van der Waals surface area contributed by atoms with Gasteiger partial charge in [-0.1, -0.05) is 60.2 Å². The smallest absolute Gasteiger partial charge is 0.231 e. The summed E-state index contributed by atoms with van der Waals surface area (Å²) in [6.45, 7) is 4.24. The number of hydrogen-bond donors (Lipinski definition) is 0. The Hall–Kier alpha value is -3.37. The minimum atomic E-state index is -0.0690. The van der Waals surface area contributed by atoms with Crippen molar-refractivity contribution in [3.63, 3.8) is 0 Å². The summed E-state index contributed by atoms with van der Waals surface area (Å²) in [5.74, 6) is 1.76. The van der Waals surface area contributed by atoms with E-state index in [4.69, 9.17) is 9.47 Å². The van der Waals surface area contributed by atoms with Gasteiger partial charge in [0.25, 0.3) is 0 Å². The predicted molar refractivity (Wildman–Crippen MR) is 121 cm³/mol. The van der Waals surface area contributed by atoms with Crippen LogP contribution in [0.1, 0.15) is 39.0 Å². The molecule has 4 heteroatoms. The first kappa shape index (κ1) is 19.6. The highest BCUT2D eigenvalue weighted by molar-refractivity contribution is 6.15. The second kappa shape index (κ2) is 8.40. The molecule has 0 aliphatic carbocycles. The average molecular weight is 412 g/mol. The fourth-order valence-electron chi connectivity index (χ4n) is 4.21. The van der Waals surface area contributed by atoms with E-state index in [0.29, 0.717) is 23.8 Å². The third-order valence-corrected chi connectivity index (χ3v) is 5.80. The molecule has 3 aromatic carbocycles. The SMILES string of the molecule is Cc1cccc(/C=C2\Oc3c(ccc4c3CN(CCCc3ccccc3)CO4)C2=O)c1. The van der Waals surface area contributed by atoms with Crippen LogP contribution >= 0.6 is 0 Å². The number of aryl methyl sites for hydroxylation is 2. The van der Waals surface area contributed by atoms with Crippen molar-refractivity contribution < 1.29 is 14.3 Å². The number of carbonyl (C=O) groups excluding carboxylic acids is 1. The van der Waals surface area contributed by atoms with Crippen LogP contribution in [0.4, 0.5) is 0 Å². The van der Waals surface area contributed by atoms with E-state index in [1.54, 1.807) is 0 Å². The number of benzene rings is 3. The normalized spacial score (nSPS) is 16.5. The third kappa shape index (κ3) is 4.12. The molecular weight excluding hydrogens is 386 g/mol. The molecule has 3 aromatic rings. The molecule has 0 N–H and O–H groups in total. The maximum Gasteiger partial charge on any atom is 0.231 e. The van der Waals surface area contributed by atoms with Gasteiger partial charge in [-0.2, -0.15) is 0 Å². The van der Waals surface area contributed by atoms with Crippen LogP contribution in [0.25, 0.3) is 6.08 Å². The molecule has 2 heterocycles. The number of hydrogen-bond acceptors (Lipinski definition) is 4. The van der Waals surface area contributed by atoms with Gasteiger partial charge in [0.2, 0.25) is 5.78 Å². The summed E-state index contributed by atoms with van der Waals surface area (Å²) < 4.78 is 12.1. The highest BCUT2D eigenvalue weighted by Crippen LogP contribution is 2.42. The fourth-order valence-corrected chi connectivity index (χ4v) is 4.21. The summed E-state index contributed by atoms with van der Waals surface area (Å²) in [4.78, 5) is 15.2. The van der Waals surface area contributed by atoms with Crippen LogP contribution in [0.5, 0.6) is 11.5 Å². The minimum absolute atomic E-state index is 0.0690. The fraction of sp³-hybridized carbons (Fsp3) is 0.222. The van der Waals surface area contributed by atoms with E-state index in [2.05, 4.69) is 29.2 Å². The number of nitrogens with zero attached hydrogens (tertiary/aromatic N) is 1. The summed E-state index contributed by atoms with van der Waals surface area (Å²) >= 11 is 0. The molecule has 0 aromatic heterocycles. The zero-order valence-electron chi connectivity index (χ0n) is 17.6. The highest BCUT2D eigenvalue weighted by atomic mass is 16.5. The Morgan fingerprint density at radius 2 is 1.90 bits per heavy atom. The molecule has 0 unspecified atom stereocenters. The molecule has 2 aliphatic heterocycles. The number of ether oxygens (including phenoxy) is 2. The first-order valence-corrected chi connectivity index (χ1v) is 10.7. The molecule has 0 saturated heterocycles. The Labute approximate surface area is 182 Å². The molecule has 156 valence electrons. The van der Waals surface area contributed by atoms with Gasteiger partial charge in [-0.25, -0.2) is 0 Å². The van der Waals surface area contributed by atoms with Crippen LogP contribution < -0.4 is 9.47 Å². The molecule has 0 bridgehead atoms. The van der Waals surface area contributed by atoms with Gasteiger partial charge in [0, 0.05) is 13.1 Å². The maximum atomic E-state index is 12.9. The van der Waals surface area contributed by atoms with Gasteiger partial charge in [-0.05, 0) is 49.1 Å². The number of Topliss-reactive ketones (excluding diaryl/α,β-unsaturated/α-hetero) is 1. The lowest BCUT2D eigenvalue weighted by Crippen LogP contribution is -2.33. The predicted octanol–water partition coefficient (Wildman–Crippen LogP) is 5.40. The zero-order chi connectivity index (χ0) is 21.2. The number of ketones is 1. The van der Waals surface area contributed by atoms with E-state index in [1.165, 1.54) is 5.56 Å². The molecule has 0 saturated carbocycles. The average Bonchev–Trinajstić information content (AvgIpc) is 3.10. The minimum Gasteiger partial charge on any atom is -0.478 e. The van der Waals surface area contributed by atoms with Crippen LogP contribution in [0, 0.1) is 6.92 Å². The van der Waals surface area contributed by atoms with Gasteiger partial charge < -0.3 is 9.47 Å². The lowest BCUT2D eigenvalue weighted by Gasteiger charge is -2.29. The Balaban J connectivity index is 1.32. The standard InChI is InChI=1S/C27H25NO3/c1-19-7-5-10-21(15-19)16-25-26(29)22-12-13-24-23(27(22)31-25)17-28(18-30-24)14-6-11-20-8-3-2-4-9-20/h2-5,7-10,12-13,15-16H,6,11,14,17-18H2,1H3/b25-16-. The van der Waals surface area contributed by atoms with E-state index in [0.717, 1.165) is 48.4 Å². The van der Waals surface area contributed by atoms with Crippen LogP contribution in [0.3, 0.4) is 0 Å². The van der Waals surface area contributed by atoms with Crippen molar-refractivity contribution in [2.75, 3.05) is 13.3 Å². The highest BCUT2D eigenvalue weighted by Gasteiger charge is 2.33. The lowest BCUT2D eigenvalue weighted by molar-refractivity contribution is 0.0928. The van der Waals surface area contributed by atoms with Crippen molar-refractivity contribution in [1.29, 1.82) is 0 Å². The summed E-state index contributed by atoms with van der Waals surface area (Å²) in [6, 6.07) is 22.3. The van der Waals surface area contributed by atoms with Gasteiger partial charge in [-0.15, -0.1) is 0 Å². The quantitative estimate of drug-likeness (QED) is 0.527. The summed E-state index contributed by atoms with van der Waals surface area (Å²) in [6.07, 6.45) is 3.91. The monoisotopic (exact) mass is 411 g/mol. The van der Waals surface area contributed by atoms with Crippen molar-refractivity contribution in [1.82, 2.24) is 4.90 Å². The van der Waals surface area contributed by atoms with E-state index in [1.807, 2.05) is 55.5 Å². The first-order chi connectivity index (χ1) is 15.2. The second-order valence-corrected chi connectivity index (χ2v) is 8.19. The number of fused-ring (bicyclic) bond motifs is 3. The van der Waals surface area contributed by atoms with Gasteiger partial charge in [0.1, 0.15) is 18.2 Å². The van der Waals surface area contributed by atoms with Crippen molar-refractivity contribution in [3.8, 4) is 11.5 Å². The molecule has 2 aliphatic rings. The molecule has 0 radical (unpaired) electrons. The van der Waals surface area contributed by atoms with Crippen LogP contribution in [-0.2, 0) is 13.0 Å². The Bertz CT molecular complexity index is 1150. The largest absolute Gasteiger partial charge is 0.478 e. The van der Waals surface area contributed by atoms with Crippen LogP contribution in [-0.4, -0.2) is 24.0 Å². The number of rotatable bonds is 5. The van der Waals surface area contributed by atoms with Crippen molar-refractivity contribution in [2.24, 2.45) is 0 Å². The zero-order valence-corrected chi connectivity index (χ0v) is 17.6. The van der Waals surface area contributed by atoms with E-state index >= 15 is 0 Å². The molecule has 0 amide bonds. The molecule has 0 fully saturated rings. The Morgan fingerprint density at radius 3 is 2.74 bits per heavy atom. The van der Waals surface area contributed by atoms with E-state index < -0.39 is 0 Å². The van der Waals surface area contributed by atoms with Gasteiger partial charge >= 0.3 is 0 Å². The summed E-state index contributed by atoms with van der Waals surface area (Å²) in [7, 11) is 0. The van der Waals surface area contributed by atoms with Crippen molar-refractivity contribution in [3.05, 3.63) is 100 Å². The molecule has 0 atom stereocenters. The first-order valence-electron chi connectivity index (χ1n) is 10.7. The number of carbonyl (C=O) groups is 1. The molecule has 0 spiro atoms. The van der Waals surface area contributed by atoms with Gasteiger partial charge in [-0.3, -0.25) is 9.69 Å². The van der Waals surface area contributed by atoms with Gasteiger partial charge in [0.05, 0.1) is 11.1 Å². The molecule has 31 heavy (non-hydrogen) atoms. The Morgan fingerprint density at radius 1 is 1.03 bits per heavy atom. The molecule has 4 nitrogen and oxygen atoms in total. The third-order valence-electron chi connectivity index (χ3n) is 5.80. The van der Waals surface area contributed by atoms with E-state index in [9.17, 15) is 4.79 Å². The van der Waals surface area contributed by atoms with Crippen LogP contribution in [0.2, 0.25) is 0 Å². The lowest BCUT2D eigenvalue weighted by atomic mass is 10.0. The van der Waals surface area contributed by atoms with E-state index in [-0.39, 0.29) is 5.78 Å². The molecule has 5 rings (SSSR count). The maximum absolute atomic E-state index is 12.9.